The summed E-state index contributed by atoms with van der Waals surface area (Å²) in [5, 5.41) is 11.7. The van der Waals surface area contributed by atoms with E-state index in [9.17, 15) is 14.4 Å². The Bertz CT molecular complexity index is 1260. The van der Waals surface area contributed by atoms with Crippen molar-refractivity contribution in [2.75, 3.05) is 17.3 Å². The van der Waals surface area contributed by atoms with Crippen LogP contribution in [0, 0.1) is 16.7 Å². The highest BCUT2D eigenvalue weighted by atomic mass is 16.2. The monoisotopic (exact) mass is 446 g/mol. The van der Waals surface area contributed by atoms with Gasteiger partial charge in [-0.2, -0.15) is 5.26 Å². The van der Waals surface area contributed by atoms with Crippen molar-refractivity contribution in [3.63, 3.8) is 0 Å². The molecule has 170 valence electrons. The highest BCUT2D eigenvalue weighted by molar-refractivity contribution is 6.04. The minimum atomic E-state index is -0.551. The van der Waals surface area contributed by atoms with Gasteiger partial charge in [0.1, 0.15) is 0 Å². The molecule has 2 aromatic carbocycles. The Morgan fingerprint density at radius 3 is 2.39 bits per heavy atom. The molecule has 0 radical (unpaired) electrons. The lowest BCUT2D eigenvalue weighted by atomic mass is 9.94. The molecule has 0 spiro atoms. The third-order valence-electron chi connectivity index (χ3n) is 5.15. The molecule has 0 aliphatic carbocycles. The third-order valence-corrected chi connectivity index (χ3v) is 5.15. The Kier molecular flexibility index (Phi) is 6.49. The molecule has 1 heterocycles. The average molecular weight is 447 g/mol. The summed E-state index contributed by atoms with van der Waals surface area (Å²) in [4.78, 5) is 42.9. The van der Waals surface area contributed by atoms with Crippen molar-refractivity contribution in [3.8, 4) is 6.07 Å². The molecular formula is C24H26N6O3. The first-order valence-corrected chi connectivity index (χ1v) is 10.4. The number of hydrogen-bond donors (Lipinski definition) is 2. The van der Waals surface area contributed by atoms with Crippen molar-refractivity contribution >= 4 is 40.4 Å². The van der Waals surface area contributed by atoms with Crippen molar-refractivity contribution in [1.29, 1.82) is 5.26 Å². The molecule has 0 atom stereocenters. The minimum absolute atomic E-state index is 0.0515. The number of nitriles is 1. The summed E-state index contributed by atoms with van der Waals surface area (Å²) in [6, 6.07) is 13.6. The topological polar surface area (TPSA) is 134 Å². The van der Waals surface area contributed by atoms with Gasteiger partial charge in [-0.15, -0.1) is 0 Å². The molecule has 9 nitrogen and oxygen atoms in total. The summed E-state index contributed by atoms with van der Waals surface area (Å²) in [6.07, 6.45) is 0.0648. The maximum atomic E-state index is 12.8. The summed E-state index contributed by atoms with van der Waals surface area (Å²) in [6.45, 7) is 5.77. The van der Waals surface area contributed by atoms with Gasteiger partial charge < -0.3 is 15.2 Å². The average Bonchev–Trinajstić information content (AvgIpc) is 3.11. The van der Waals surface area contributed by atoms with Gasteiger partial charge in [0.25, 0.3) is 5.91 Å². The van der Waals surface area contributed by atoms with E-state index in [1.54, 1.807) is 59.0 Å². The van der Waals surface area contributed by atoms with Crippen LogP contribution in [0.3, 0.4) is 0 Å². The normalized spacial score (nSPS) is 11.1. The quantitative estimate of drug-likeness (QED) is 0.600. The van der Waals surface area contributed by atoms with Crippen LogP contribution in [0.5, 0.6) is 0 Å². The second-order valence-electron chi connectivity index (χ2n) is 8.73. The van der Waals surface area contributed by atoms with E-state index < -0.39 is 17.2 Å². The van der Waals surface area contributed by atoms with E-state index in [1.165, 1.54) is 0 Å². The first kappa shape index (κ1) is 23.5. The van der Waals surface area contributed by atoms with Gasteiger partial charge in [-0.1, -0.05) is 20.8 Å². The number of fused-ring (bicyclic) bond motifs is 1. The predicted molar refractivity (Wildman–Crippen MR) is 126 cm³/mol. The van der Waals surface area contributed by atoms with Crippen LogP contribution in [-0.4, -0.2) is 34.3 Å². The molecule has 0 saturated carbocycles. The maximum Gasteiger partial charge on any atom is 0.257 e. The number of anilines is 2. The minimum Gasteiger partial charge on any atom is -0.370 e. The van der Waals surface area contributed by atoms with Crippen molar-refractivity contribution in [2.45, 2.75) is 33.7 Å². The van der Waals surface area contributed by atoms with Crippen LogP contribution in [0.15, 0.2) is 42.5 Å². The fourth-order valence-corrected chi connectivity index (χ4v) is 3.36. The zero-order valence-electron chi connectivity index (χ0n) is 19.0. The number of amides is 3. The number of benzene rings is 2. The third kappa shape index (κ3) is 5.18. The van der Waals surface area contributed by atoms with Crippen LogP contribution in [0.1, 0.15) is 43.1 Å². The zero-order chi connectivity index (χ0) is 24.3. The van der Waals surface area contributed by atoms with Gasteiger partial charge >= 0.3 is 0 Å². The lowest BCUT2D eigenvalue weighted by Gasteiger charge is -2.26. The number of imidazole rings is 1. The Morgan fingerprint density at radius 2 is 1.82 bits per heavy atom. The van der Waals surface area contributed by atoms with Crippen LogP contribution in [0.25, 0.3) is 11.0 Å². The molecule has 3 N–H and O–H groups in total. The Labute approximate surface area is 191 Å². The summed E-state index contributed by atoms with van der Waals surface area (Å²) < 4.78 is 1.71. The Balaban J connectivity index is 1.98. The summed E-state index contributed by atoms with van der Waals surface area (Å²) in [7, 11) is 1.70. The number of carbonyl (C=O) groups is 3. The van der Waals surface area contributed by atoms with Gasteiger partial charge in [0.2, 0.25) is 17.8 Å². The molecule has 0 fully saturated rings. The van der Waals surface area contributed by atoms with Gasteiger partial charge in [0, 0.05) is 36.7 Å². The van der Waals surface area contributed by atoms with Crippen LogP contribution < -0.4 is 16.0 Å². The zero-order valence-corrected chi connectivity index (χ0v) is 19.0. The summed E-state index contributed by atoms with van der Waals surface area (Å²) in [5.41, 5.74) is 7.49. The number of nitrogens with two attached hydrogens (primary N) is 1. The number of nitrogens with one attached hydrogen (secondary N) is 1. The maximum absolute atomic E-state index is 12.8. The first-order chi connectivity index (χ1) is 15.5. The molecule has 0 aliphatic rings. The van der Waals surface area contributed by atoms with E-state index in [0.717, 1.165) is 0 Å². The Morgan fingerprint density at radius 1 is 1.15 bits per heavy atom. The Hall–Kier alpha value is -4.19. The van der Waals surface area contributed by atoms with Crippen molar-refractivity contribution < 1.29 is 14.4 Å². The van der Waals surface area contributed by atoms with Crippen molar-refractivity contribution in [2.24, 2.45) is 11.1 Å². The molecular weight excluding hydrogens is 420 g/mol. The molecule has 0 unspecified atom stereocenters. The highest BCUT2D eigenvalue weighted by Gasteiger charge is 2.26. The van der Waals surface area contributed by atoms with E-state index in [2.05, 4.69) is 10.3 Å². The second kappa shape index (κ2) is 9.12. The molecule has 33 heavy (non-hydrogen) atoms. The smallest absolute Gasteiger partial charge is 0.257 e. The van der Waals surface area contributed by atoms with E-state index in [-0.39, 0.29) is 24.8 Å². The first-order valence-electron chi connectivity index (χ1n) is 10.4. The predicted octanol–water partition coefficient (Wildman–Crippen LogP) is 3.04. The number of aromatic nitrogens is 2. The molecule has 9 heteroatoms. The molecule has 1 aromatic heterocycles. The molecule has 0 aliphatic heterocycles. The summed E-state index contributed by atoms with van der Waals surface area (Å²) >= 11 is 0. The number of aryl methyl sites for hydroxylation is 1. The van der Waals surface area contributed by atoms with Gasteiger partial charge in [0.15, 0.2) is 0 Å². The number of nitrogens with zero attached hydrogens (tertiary/aromatic N) is 4. The number of carbonyl (C=O) groups excluding carboxylic acids is 3. The SMILES string of the molecule is CN(C(=O)C(C)(C)C)c1ccc2c(c1)nc(NC(=O)c1ccc(C#N)cc1)n2CCC(N)=O. The lowest BCUT2D eigenvalue weighted by Crippen LogP contribution is -2.36. The van der Waals surface area contributed by atoms with Crippen LogP contribution in [-0.2, 0) is 16.1 Å². The molecule has 3 aromatic rings. The fourth-order valence-electron chi connectivity index (χ4n) is 3.36. The van der Waals surface area contributed by atoms with Crippen molar-refractivity contribution in [3.05, 3.63) is 53.6 Å². The van der Waals surface area contributed by atoms with E-state index in [4.69, 9.17) is 11.0 Å². The highest BCUT2D eigenvalue weighted by Crippen LogP contribution is 2.28. The lowest BCUT2D eigenvalue weighted by molar-refractivity contribution is -0.125. The van der Waals surface area contributed by atoms with E-state index >= 15 is 0 Å². The van der Waals surface area contributed by atoms with Gasteiger partial charge in [-0.05, 0) is 42.5 Å². The van der Waals surface area contributed by atoms with Crippen LogP contribution in [0.4, 0.5) is 11.6 Å². The largest absolute Gasteiger partial charge is 0.370 e. The second-order valence-corrected chi connectivity index (χ2v) is 8.73. The molecule has 0 saturated heterocycles. The van der Waals surface area contributed by atoms with E-state index in [0.29, 0.717) is 27.8 Å². The number of hydrogen-bond acceptors (Lipinski definition) is 5. The van der Waals surface area contributed by atoms with Gasteiger partial charge in [-0.3, -0.25) is 19.7 Å². The number of rotatable bonds is 6. The molecule has 3 rings (SSSR count). The van der Waals surface area contributed by atoms with E-state index in [1.807, 2.05) is 26.8 Å². The standard InChI is InChI=1S/C24H26N6O3/c1-24(2,3)22(33)29(4)17-9-10-19-18(13-17)27-23(30(19)12-11-20(26)31)28-21(32)16-7-5-15(14-25)6-8-16/h5-10,13H,11-12H2,1-4H3,(H2,26,31)(H,27,28,32). The van der Waals surface area contributed by atoms with Gasteiger partial charge in [-0.25, -0.2) is 4.98 Å². The molecule has 0 bridgehead atoms. The fraction of sp³-hybridized carbons (Fsp3) is 0.292. The molecule has 3 amide bonds. The van der Waals surface area contributed by atoms with Crippen LogP contribution in [0.2, 0.25) is 0 Å². The summed E-state index contributed by atoms with van der Waals surface area (Å²) in [5.74, 6) is -0.685. The van der Waals surface area contributed by atoms with Crippen molar-refractivity contribution in [1.82, 2.24) is 9.55 Å². The number of primary amides is 1. The van der Waals surface area contributed by atoms with Gasteiger partial charge in [0.05, 0.1) is 22.7 Å². The van der Waals surface area contributed by atoms with Crippen LogP contribution >= 0.6 is 0 Å².